The first-order valence-electron chi connectivity index (χ1n) is 6.57. The number of alkyl halides is 3. The van der Waals surface area contributed by atoms with Gasteiger partial charge in [0.15, 0.2) is 0 Å². The van der Waals surface area contributed by atoms with Crippen molar-refractivity contribution in [3.63, 3.8) is 0 Å². The van der Waals surface area contributed by atoms with Crippen molar-refractivity contribution in [2.45, 2.75) is 44.7 Å². The molecule has 0 saturated heterocycles. The third-order valence-corrected chi connectivity index (χ3v) is 4.56. The van der Waals surface area contributed by atoms with Crippen LogP contribution in [-0.4, -0.2) is 12.0 Å². The molecular formula is C14H17F3OS. The van der Waals surface area contributed by atoms with E-state index in [9.17, 15) is 18.0 Å². The van der Waals surface area contributed by atoms with Gasteiger partial charge in [0.2, 0.25) is 0 Å². The van der Waals surface area contributed by atoms with E-state index in [1.165, 1.54) is 0 Å². The lowest BCUT2D eigenvalue weighted by molar-refractivity contribution is -0.186. The standard InChI is InChI=1S/C14H17F3OS/c15-14(16,17)12-3-1-2-11(8-12)13(18)5-4-10-6-7-19-9-10/h6-7,9,11-12H,1-5,8H2. The summed E-state index contributed by atoms with van der Waals surface area (Å²) in [5.74, 6) is -1.67. The van der Waals surface area contributed by atoms with E-state index in [0.29, 0.717) is 25.7 Å². The van der Waals surface area contributed by atoms with Crippen molar-refractivity contribution in [3.05, 3.63) is 22.4 Å². The van der Waals surface area contributed by atoms with Crippen molar-refractivity contribution in [1.29, 1.82) is 0 Å². The first kappa shape index (κ1) is 14.6. The van der Waals surface area contributed by atoms with E-state index >= 15 is 0 Å². The molecule has 2 atom stereocenters. The molecule has 1 aromatic heterocycles. The molecule has 0 bridgehead atoms. The number of thiophene rings is 1. The van der Waals surface area contributed by atoms with Crippen LogP contribution in [0.1, 0.15) is 37.7 Å². The summed E-state index contributed by atoms with van der Waals surface area (Å²) in [6.45, 7) is 0. The van der Waals surface area contributed by atoms with E-state index in [-0.39, 0.29) is 24.5 Å². The summed E-state index contributed by atoms with van der Waals surface area (Å²) < 4.78 is 38.0. The fourth-order valence-corrected chi connectivity index (χ4v) is 3.39. The number of hydrogen-bond acceptors (Lipinski definition) is 2. The summed E-state index contributed by atoms with van der Waals surface area (Å²) in [6.07, 6.45) is -1.83. The van der Waals surface area contributed by atoms with Crippen LogP contribution < -0.4 is 0 Å². The molecule has 1 heterocycles. The van der Waals surface area contributed by atoms with E-state index < -0.39 is 12.1 Å². The van der Waals surface area contributed by atoms with Gasteiger partial charge in [-0.1, -0.05) is 6.42 Å². The minimum atomic E-state index is -4.15. The fourth-order valence-electron chi connectivity index (χ4n) is 2.69. The monoisotopic (exact) mass is 290 g/mol. The number of carbonyl (C=O) groups is 1. The number of carbonyl (C=O) groups excluding carboxylic acids is 1. The third kappa shape index (κ3) is 4.06. The zero-order valence-corrected chi connectivity index (χ0v) is 11.4. The molecule has 1 aliphatic rings. The molecule has 0 aliphatic heterocycles. The van der Waals surface area contributed by atoms with Gasteiger partial charge < -0.3 is 0 Å². The number of ketones is 1. The predicted molar refractivity (Wildman–Crippen MR) is 69.2 cm³/mol. The van der Waals surface area contributed by atoms with Gasteiger partial charge in [-0.25, -0.2) is 0 Å². The lowest BCUT2D eigenvalue weighted by Crippen LogP contribution is -2.31. The van der Waals surface area contributed by atoms with Crippen LogP contribution in [0, 0.1) is 11.8 Å². The van der Waals surface area contributed by atoms with Crippen LogP contribution in [0.3, 0.4) is 0 Å². The van der Waals surface area contributed by atoms with E-state index in [1.54, 1.807) is 11.3 Å². The molecule has 19 heavy (non-hydrogen) atoms. The molecule has 0 amide bonds. The summed E-state index contributed by atoms with van der Waals surface area (Å²) in [5.41, 5.74) is 1.10. The molecule has 0 spiro atoms. The van der Waals surface area contributed by atoms with Gasteiger partial charge in [0.25, 0.3) is 0 Å². The number of hydrogen-bond donors (Lipinski definition) is 0. The van der Waals surface area contributed by atoms with Crippen molar-refractivity contribution in [3.8, 4) is 0 Å². The zero-order chi connectivity index (χ0) is 13.9. The number of aryl methyl sites for hydroxylation is 1. The number of rotatable bonds is 4. The van der Waals surface area contributed by atoms with Crippen molar-refractivity contribution in [2.75, 3.05) is 0 Å². The largest absolute Gasteiger partial charge is 0.391 e. The lowest BCUT2D eigenvalue weighted by atomic mass is 9.78. The molecule has 1 saturated carbocycles. The third-order valence-electron chi connectivity index (χ3n) is 3.83. The molecule has 1 nitrogen and oxygen atoms in total. The Hall–Kier alpha value is -0.840. The molecule has 2 rings (SSSR count). The maximum absolute atomic E-state index is 12.7. The van der Waals surface area contributed by atoms with Crippen LogP contribution in [-0.2, 0) is 11.2 Å². The van der Waals surface area contributed by atoms with Gasteiger partial charge in [0.1, 0.15) is 5.78 Å². The average Bonchev–Trinajstić information content (AvgIpc) is 2.88. The van der Waals surface area contributed by atoms with Crippen LogP contribution in [0.15, 0.2) is 16.8 Å². The molecule has 2 unspecified atom stereocenters. The Morgan fingerprint density at radius 1 is 1.37 bits per heavy atom. The van der Waals surface area contributed by atoms with Gasteiger partial charge in [0, 0.05) is 12.3 Å². The molecular weight excluding hydrogens is 273 g/mol. The highest BCUT2D eigenvalue weighted by atomic mass is 32.1. The normalized spacial score (nSPS) is 24.4. The highest BCUT2D eigenvalue weighted by Crippen LogP contribution is 2.40. The van der Waals surface area contributed by atoms with Crippen LogP contribution in [0.4, 0.5) is 13.2 Å². The van der Waals surface area contributed by atoms with E-state index in [1.807, 2.05) is 16.8 Å². The molecule has 0 N–H and O–H groups in total. The highest BCUT2D eigenvalue weighted by Gasteiger charge is 2.43. The Bertz CT molecular complexity index is 411. The van der Waals surface area contributed by atoms with Crippen molar-refractivity contribution in [2.24, 2.45) is 11.8 Å². The Kier molecular flexibility index (Phi) is 4.66. The number of Topliss-reactive ketones (excluding diaryl/α,β-unsaturated/α-hetero) is 1. The second-order valence-corrected chi connectivity index (χ2v) is 5.98. The Morgan fingerprint density at radius 2 is 2.16 bits per heavy atom. The molecule has 106 valence electrons. The van der Waals surface area contributed by atoms with Crippen LogP contribution in [0.25, 0.3) is 0 Å². The predicted octanol–water partition coefficient (Wildman–Crippen LogP) is 4.62. The molecule has 5 heteroatoms. The smallest absolute Gasteiger partial charge is 0.299 e. The number of halogens is 3. The summed E-state index contributed by atoms with van der Waals surface area (Å²) in [5, 5.41) is 3.92. The topological polar surface area (TPSA) is 17.1 Å². The Balaban J connectivity index is 1.85. The molecule has 1 fully saturated rings. The summed E-state index contributed by atoms with van der Waals surface area (Å²) in [7, 11) is 0. The summed E-state index contributed by atoms with van der Waals surface area (Å²) in [6, 6.07) is 1.96. The van der Waals surface area contributed by atoms with Crippen LogP contribution >= 0.6 is 11.3 Å². The first-order chi connectivity index (χ1) is 8.97. The van der Waals surface area contributed by atoms with Gasteiger partial charge in [-0.15, -0.1) is 0 Å². The maximum atomic E-state index is 12.7. The molecule has 0 radical (unpaired) electrons. The first-order valence-corrected chi connectivity index (χ1v) is 7.51. The van der Waals surface area contributed by atoms with Gasteiger partial charge in [-0.2, -0.15) is 24.5 Å². The van der Waals surface area contributed by atoms with E-state index in [4.69, 9.17) is 0 Å². The molecule has 0 aromatic carbocycles. The average molecular weight is 290 g/mol. The van der Waals surface area contributed by atoms with E-state index in [0.717, 1.165) is 5.56 Å². The van der Waals surface area contributed by atoms with Gasteiger partial charge in [-0.3, -0.25) is 4.79 Å². The van der Waals surface area contributed by atoms with Gasteiger partial charge in [-0.05, 0) is 48.1 Å². The second-order valence-electron chi connectivity index (χ2n) is 5.20. The molecule has 1 aliphatic carbocycles. The Labute approximate surface area is 114 Å². The van der Waals surface area contributed by atoms with Crippen molar-refractivity contribution in [1.82, 2.24) is 0 Å². The SMILES string of the molecule is O=C(CCc1ccsc1)C1CCCC(C(F)(F)F)C1. The van der Waals surface area contributed by atoms with Crippen molar-refractivity contribution >= 4 is 17.1 Å². The maximum Gasteiger partial charge on any atom is 0.391 e. The minimum absolute atomic E-state index is 0.000139. The zero-order valence-electron chi connectivity index (χ0n) is 10.6. The van der Waals surface area contributed by atoms with Crippen LogP contribution in [0.2, 0.25) is 0 Å². The second kappa shape index (κ2) is 6.07. The Morgan fingerprint density at radius 3 is 2.79 bits per heavy atom. The summed E-state index contributed by atoms with van der Waals surface area (Å²) in [4.78, 5) is 12.0. The van der Waals surface area contributed by atoms with Gasteiger partial charge >= 0.3 is 6.18 Å². The summed E-state index contributed by atoms with van der Waals surface area (Å²) >= 11 is 1.57. The van der Waals surface area contributed by atoms with E-state index in [2.05, 4.69) is 0 Å². The highest BCUT2D eigenvalue weighted by molar-refractivity contribution is 7.07. The molecule has 1 aromatic rings. The van der Waals surface area contributed by atoms with Crippen molar-refractivity contribution < 1.29 is 18.0 Å². The van der Waals surface area contributed by atoms with Gasteiger partial charge in [0.05, 0.1) is 5.92 Å². The fraction of sp³-hybridized carbons (Fsp3) is 0.643. The lowest BCUT2D eigenvalue weighted by Gasteiger charge is -2.29. The quantitative estimate of drug-likeness (QED) is 0.791. The van der Waals surface area contributed by atoms with Crippen LogP contribution in [0.5, 0.6) is 0 Å². The minimum Gasteiger partial charge on any atom is -0.299 e.